The Morgan fingerprint density at radius 2 is 1.84 bits per heavy atom. The third-order valence-electron chi connectivity index (χ3n) is 3.30. The lowest BCUT2D eigenvalue weighted by Crippen LogP contribution is -2.24. The molecule has 0 atom stereocenters. The van der Waals surface area contributed by atoms with Crippen LogP contribution in [0.4, 0.5) is 8.78 Å². The van der Waals surface area contributed by atoms with Crippen LogP contribution in [0.5, 0.6) is 11.5 Å². The maximum absolute atomic E-state index is 12.4. The van der Waals surface area contributed by atoms with E-state index in [9.17, 15) is 18.4 Å². The first-order valence-corrected chi connectivity index (χ1v) is 7.14. The minimum atomic E-state index is -3.05. The molecule has 0 bridgehead atoms. The first-order valence-electron chi connectivity index (χ1n) is 7.14. The van der Waals surface area contributed by atoms with Gasteiger partial charge in [-0.3, -0.25) is 4.79 Å². The number of rotatable bonds is 7. The van der Waals surface area contributed by atoms with E-state index in [1.54, 1.807) is 6.07 Å². The second-order valence-corrected chi connectivity index (χ2v) is 4.90. The van der Waals surface area contributed by atoms with Crippen molar-refractivity contribution in [3.8, 4) is 11.5 Å². The van der Waals surface area contributed by atoms with E-state index in [1.807, 2.05) is 0 Å². The van der Waals surface area contributed by atoms with Gasteiger partial charge < -0.3 is 19.9 Å². The third-order valence-corrected chi connectivity index (χ3v) is 3.30. The largest absolute Gasteiger partial charge is 0.496 e. The van der Waals surface area contributed by atoms with Crippen LogP contribution in [0.15, 0.2) is 42.5 Å². The second-order valence-electron chi connectivity index (χ2n) is 4.90. The molecule has 2 aromatic carbocycles. The van der Waals surface area contributed by atoms with E-state index in [0.717, 1.165) is 0 Å². The normalized spacial score (nSPS) is 10.4. The molecule has 0 saturated heterocycles. The van der Waals surface area contributed by atoms with Crippen LogP contribution in [-0.2, 0) is 6.54 Å². The van der Waals surface area contributed by atoms with Crippen molar-refractivity contribution in [1.82, 2.24) is 5.32 Å². The van der Waals surface area contributed by atoms with Gasteiger partial charge in [-0.05, 0) is 29.8 Å². The van der Waals surface area contributed by atoms with E-state index in [1.165, 1.54) is 43.5 Å². The first-order chi connectivity index (χ1) is 11.9. The van der Waals surface area contributed by atoms with Crippen LogP contribution in [0.25, 0.3) is 0 Å². The van der Waals surface area contributed by atoms with Gasteiger partial charge in [0.1, 0.15) is 17.1 Å². The van der Waals surface area contributed by atoms with Crippen molar-refractivity contribution in [2.45, 2.75) is 13.2 Å². The first kappa shape index (κ1) is 18.2. The van der Waals surface area contributed by atoms with E-state index in [2.05, 4.69) is 10.1 Å². The summed E-state index contributed by atoms with van der Waals surface area (Å²) in [4.78, 5) is 23.4. The molecule has 0 radical (unpaired) electrons. The number of hydrogen-bond acceptors (Lipinski definition) is 4. The van der Waals surface area contributed by atoms with Gasteiger partial charge >= 0.3 is 12.6 Å². The minimum absolute atomic E-state index is 0.00607. The molecule has 0 aliphatic heterocycles. The fourth-order valence-electron chi connectivity index (χ4n) is 2.16. The number of carboxylic acid groups (broad SMARTS) is 1. The molecule has 2 rings (SSSR count). The van der Waals surface area contributed by atoms with Crippen molar-refractivity contribution >= 4 is 11.9 Å². The van der Waals surface area contributed by atoms with Gasteiger partial charge in [0.15, 0.2) is 0 Å². The Bertz CT molecular complexity index is 779. The van der Waals surface area contributed by atoms with E-state index in [0.29, 0.717) is 5.56 Å². The number of halogens is 2. The molecule has 0 aliphatic rings. The molecule has 1 amide bonds. The predicted octanol–water partition coefficient (Wildman–Crippen LogP) is 2.92. The van der Waals surface area contributed by atoms with E-state index in [-0.39, 0.29) is 29.2 Å². The van der Waals surface area contributed by atoms with Crippen LogP contribution < -0.4 is 14.8 Å². The molecule has 0 saturated carbocycles. The molecule has 8 heteroatoms. The molecule has 0 spiro atoms. The quantitative estimate of drug-likeness (QED) is 0.801. The Morgan fingerprint density at radius 1 is 1.12 bits per heavy atom. The fraction of sp³-hybridized carbons (Fsp3) is 0.176. The molecule has 0 aromatic heterocycles. The van der Waals surface area contributed by atoms with Crippen LogP contribution in [0.3, 0.4) is 0 Å². The Hall–Kier alpha value is -3.16. The number of carbonyl (C=O) groups is 2. The zero-order chi connectivity index (χ0) is 18.4. The summed E-state index contributed by atoms with van der Waals surface area (Å²) in [5.74, 6) is -1.83. The summed E-state index contributed by atoms with van der Waals surface area (Å²) in [6.45, 7) is -3.04. The maximum atomic E-state index is 12.4. The lowest BCUT2D eigenvalue weighted by atomic mass is 10.1. The smallest absolute Gasteiger partial charge is 0.387 e. The number of para-hydroxylation sites is 1. The summed E-state index contributed by atoms with van der Waals surface area (Å²) in [5, 5.41) is 11.7. The highest BCUT2D eigenvalue weighted by Gasteiger charge is 2.16. The van der Waals surface area contributed by atoms with E-state index in [4.69, 9.17) is 9.84 Å². The topological polar surface area (TPSA) is 84.9 Å². The van der Waals surface area contributed by atoms with Gasteiger partial charge in [0, 0.05) is 6.54 Å². The standard InChI is InChI=1S/C17H15F2NO5/c1-24-13-7-6-10(8-12(13)16(22)23)9-20-15(21)11-4-2-3-5-14(11)25-17(18)19/h2-8,17H,9H2,1H3,(H,20,21)(H,22,23). The van der Waals surface area contributed by atoms with Crippen molar-refractivity contribution in [2.75, 3.05) is 7.11 Å². The molecule has 2 N–H and O–H groups in total. The number of nitrogens with one attached hydrogen (secondary N) is 1. The SMILES string of the molecule is COc1ccc(CNC(=O)c2ccccc2OC(F)F)cc1C(=O)O. The summed E-state index contributed by atoms with van der Waals surface area (Å²) in [6, 6.07) is 10.0. The molecule has 0 unspecified atom stereocenters. The fourth-order valence-corrected chi connectivity index (χ4v) is 2.16. The Labute approximate surface area is 142 Å². The Kier molecular flexibility index (Phi) is 5.89. The average molecular weight is 351 g/mol. The monoisotopic (exact) mass is 351 g/mol. The van der Waals surface area contributed by atoms with Crippen molar-refractivity contribution in [2.24, 2.45) is 0 Å². The number of hydrogen-bond donors (Lipinski definition) is 2. The summed E-state index contributed by atoms with van der Waals surface area (Å²) in [6.07, 6.45) is 0. The number of ether oxygens (including phenoxy) is 2. The van der Waals surface area contributed by atoms with Crippen LogP contribution in [0, 0.1) is 0 Å². The van der Waals surface area contributed by atoms with Gasteiger partial charge in [-0.2, -0.15) is 8.78 Å². The van der Waals surface area contributed by atoms with Crippen LogP contribution in [0.1, 0.15) is 26.3 Å². The highest BCUT2D eigenvalue weighted by Crippen LogP contribution is 2.22. The highest BCUT2D eigenvalue weighted by atomic mass is 19.3. The van der Waals surface area contributed by atoms with Crippen molar-refractivity contribution in [1.29, 1.82) is 0 Å². The van der Waals surface area contributed by atoms with Gasteiger partial charge in [0.25, 0.3) is 5.91 Å². The number of aromatic carboxylic acids is 1. The van der Waals surface area contributed by atoms with Crippen LogP contribution in [-0.4, -0.2) is 30.7 Å². The summed E-state index contributed by atoms with van der Waals surface area (Å²) in [7, 11) is 1.35. The number of methoxy groups -OCH3 is 1. The van der Waals surface area contributed by atoms with Crippen molar-refractivity contribution < 1.29 is 33.0 Å². The highest BCUT2D eigenvalue weighted by molar-refractivity contribution is 5.97. The summed E-state index contributed by atoms with van der Waals surface area (Å²) < 4.78 is 34.0. The molecule has 0 fully saturated rings. The zero-order valence-electron chi connectivity index (χ0n) is 13.2. The number of alkyl halides is 2. The average Bonchev–Trinajstić information content (AvgIpc) is 2.59. The molecule has 0 heterocycles. The van der Waals surface area contributed by atoms with Gasteiger partial charge in [-0.15, -0.1) is 0 Å². The number of carbonyl (C=O) groups excluding carboxylic acids is 1. The number of amides is 1. The van der Waals surface area contributed by atoms with Crippen LogP contribution in [0.2, 0.25) is 0 Å². The minimum Gasteiger partial charge on any atom is -0.496 e. The van der Waals surface area contributed by atoms with Gasteiger partial charge in [0.05, 0.1) is 12.7 Å². The second kappa shape index (κ2) is 8.09. The van der Waals surface area contributed by atoms with Crippen LogP contribution >= 0.6 is 0 Å². The molecule has 25 heavy (non-hydrogen) atoms. The summed E-state index contributed by atoms with van der Waals surface area (Å²) >= 11 is 0. The third kappa shape index (κ3) is 4.66. The molecular formula is C17H15F2NO5. The van der Waals surface area contributed by atoms with E-state index >= 15 is 0 Å². The van der Waals surface area contributed by atoms with Gasteiger partial charge in [-0.1, -0.05) is 18.2 Å². The van der Waals surface area contributed by atoms with Gasteiger partial charge in [0.2, 0.25) is 0 Å². The lowest BCUT2D eigenvalue weighted by Gasteiger charge is -2.12. The van der Waals surface area contributed by atoms with Gasteiger partial charge in [-0.25, -0.2) is 4.79 Å². The number of carboxylic acids is 1. The molecule has 6 nitrogen and oxygen atoms in total. The number of benzene rings is 2. The molecule has 2 aromatic rings. The van der Waals surface area contributed by atoms with Crippen molar-refractivity contribution in [3.63, 3.8) is 0 Å². The molecule has 132 valence electrons. The molecule has 0 aliphatic carbocycles. The Morgan fingerprint density at radius 3 is 2.48 bits per heavy atom. The predicted molar refractivity (Wildman–Crippen MR) is 84.2 cm³/mol. The van der Waals surface area contributed by atoms with Crippen molar-refractivity contribution in [3.05, 3.63) is 59.2 Å². The molecular weight excluding hydrogens is 336 g/mol. The van der Waals surface area contributed by atoms with E-state index < -0.39 is 18.5 Å². The maximum Gasteiger partial charge on any atom is 0.387 e. The summed E-state index contributed by atoms with van der Waals surface area (Å²) in [5.41, 5.74) is 0.421. The lowest BCUT2D eigenvalue weighted by molar-refractivity contribution is -0.0501. The zero-order valence-corrected chi connectivity index (χ0v) is 13.2. The Balaban J connectivity index is 2.13.